The van der Waals surface area contributed by atoms with Gasteiger partial charge in [0.15, 0.2) is 0 Å². The van der Waals surface area contributed by atoms with Gasteiger partial charge in [-0.25, -0.2) is 0 Å². The maximum atomic E-state index is 8.53. The normalized spacial score (nSPS) is 12.1. The third-order valence-corrected chi connectivity index (χ3v) is 2.55. The van der Waals surface area contributed by atoms with Crippen LogP contribution >= 0.6 is 0 Å². The van der Waals surface area contributed by atoms with Crippen molar-refractivity contribution in [1.82, 2.24) is 0 Å². The highest BCUT2D eigenvalue weighted by Gasteiger charge is 2.00. The Balaban J connectivity index is 2.46. The Morgan fingerprint density at radius 3 is 2.40 bits per heavy atom. The minimum Gasteiger partial charge on any atom is -0.382 e. The zero-order valence-electron chi connectivity index (χ0n) is 9.36. The Morgan fingerprint density at radius 2 is 1.87 bits per heavy atom. The summed E-state index contributed by atoms with van der Waals surface area (Å²) in [5, 5.41) is 8.53. The second-order valence-electron chi connectivity index (χ2n) is 3.74. The van der Waals surface area contributed by atoms with Crippen molar-refractivity contribution < 1.29 is 4.74 Å². The maximum absolute atomic E-state index is 8.53. The molecule has 0 fully saturated rings. The summed E-state index contributed by atoms with van der Waals surface area (Å²) in [5.41, 5.74) is 2.39. The molecule has 0 aliphatic heterocycles. The van der Waals surface area contributed by atoms with Crippen LogP contribution in [0.25, 0.3) is 0 Å². The lowest BCUT2D eigenvalue weighted by Gasteiger charge is -2.08. The quantitative estimate of drug-likeness (QED) is 0.737. The summed E-state index contributed by atoms with van der Waals surface area (Å²) in [4.78, 5) is 0. The van der Waals surface area contributed by atoms with Gasteiger partial charge < -0.3 is 4.74 Å². The molecule has 1 rings (SSSR count). The van der Waals surface area contributed by atoms with Gasteiger partial charge in [0, 0.05) is 7.11 Å². The molecule has 1 atom stereocenters. The van der Waals surface area contributed by atoms with E-state index in [0.29, 0.717) is 12.5 Å². The van der Waals surface area contributed by atoms with Crippen LogP contribution in [0.3, 0.4) is 0 Å². The van der Waals surface area contributed by atoms with Gasteiger partial charge in [-0.15, -0.1) is 0 Å². The summed E-state index contributed by atoms with van der Waals surface area (Å²) in [6, 6.07) is 10.4. The fourth-order valence-corrected chi connectivity index (χ4v) is 1.40. The molecule has 1 aromatic carbocycles. The zero-order valence-corrected chi connectivity index (χ0v) is 9.36. The van der Waals surface area contributed by atoms with Gasteiger partial charge >= 0.3 is 0 Å². The monoisotopic (exact) mass is 203 g/mol. The van der Waals surface area contributed by atoms with Crippen molar-refractivity contribution in [3.63, 3.8) is 0 Å². The SMILES string of the molecule is COC(C)CCc1ccc(CC#N)cc1. The highest BCUT2D eigenvalue weighted by Crippen LogP contribution is 2.09. The lowest BCUT2D eigenvalue weighted by molar-refractivity contribution is 0.111. The topological polar surface area (TPSA) is 33.0 Å². The first kappa shape index (κ1) is 11.7. The van der Waals surface area contributed by atoms with E-state index in [1.54, 1.807) is 7.11 Å². The molecule has 0 bridgehead atoms. The minimum absolute atomic E-state index is 0.309. The number of hydrogen-bond acceptors (Lipinski definition) is 2. The number of methoxy groups -OCH3 is 1. The van der Waals surface area contributed by atoms with Crippen LogP contribution < -0.4 is 0 Å². The maximum Gasteiger partial charge on any atom is 0.0669 e. The molecule has 15 heavy (non-hydrogen) atoms. The van der Waals surface area contributed by atoms with Crippen LogP contribution in [0.2, 0.25) is 0 Å². The van der Waals surface area contributed by atoms with E-state index < -0.39 is 0 Å². The van der Waals surface area contributed by atoms with Crippen LogP contribution in [0.5, 0.6) is 0 Å². The van der Waals surface area contributed by atoms with E-state index in [9.17, 15) is 0 Å². The summed E-state index contributed by atoms with van der Waals surface area (Å²) in [7, 11) is 1.74. The van der Waals surface area contributed by atoms with E-state index in [1.165, 1.54) is 5.56 Å². The van der Waals surface area contributed by atoms with E-state index in [1.807, 2.05) is 12.1 Å². The van der Waals surface area contributed by atoms with Gasteiger partial charge in [-0.2, -0.15) is 5.26 Å². The second-order valence-corrected chi connectivity index (χ2v) is 3.74. The molecular weight excluding hydrogens is 186 g/mol. The average molecular weight is 203 g/mol. The molecule has 0 aliphatic carbocycles. The second kappa shape index (κ2) is 6.21. The average Bonchev–Trinajstić information content (AvgIpc) is 2.28. The molecule has 0 amide bonds. The molecule has 1 aromatic rings. The molecule has 2 nitrogen and oxygen atoms in total. The summed E-state index contributed by atoms with van der Waals surface area (Å²) < 4.78 is 5.19. The molecular formula is C13H17NO. The number of aryl methyl sites for hydroxylation is 1. The van der Waals surface area contributed by atoms with Crippen LogP contribution in [0.1, 0.15) is 24.5 Å². The fraction of sp³-hybridized carbons (Fsp3) is 0.462. The number of hydrogen-bond donors (Lipinski definition) is 0. The Labute approximate surface area is 91.5 Å². The van der Waals surface area contributed by atoms with E-state index >= 15 is 0 Å². The number of ether oxygens (including phenoxy) is 1. The number of nitrogens with zero attached hydrogens (tertiary/aromatic N) is 1. The number of benzene rings is 1. The van der Waals surface area contributed by atoms with Crippen molar-refractivity contribution in [2.24, 2.45) is 0 Å². The smallest absolute Gasteiger partial charge is 0.0669 e. The van der Waals surface area contributed by atoms with Gasteiger partial charge in [-0.05, 0) is 30.9 Å². The van der Waals surface area contributed by atoms with E-state index in [4.69, 9.17) is 10.00 Å². The molecule has 0 N–H and O–H groups in total. The lowest BCUT2D eigenvalue weighted by atomic mass is 10.0. The number of nitriles is 1. The molecule has 0 radical (unpaired) electrons. The molecule has 80 valence electrons. The van der Waals surface area contributed by atoms with Gasteiger partial charge in [-0.3, -0.25) is 0 Å². The van der Waals surface area contributed by atoms with Crippen molar-refractivity contribution in [2.75, 3.05) is 7.11 Å². The lowest BCUT2D eigenvalue weighted by Crippen LogP contribution is -2.05. The first-order chi connectivity index (χ1) is 7.26. The highest BCUT2D eigenvalue weighted by atomic mass is 16.5. The van der Waals surface area contributed by atoms with E-state index in [2.05, 4.69) is 25.1 Å². The fourth-order valence-electron chi connectivity index (χ4n) is 1.40. The van der Waals surface area contributed by atoms with E-state index in [0.717, 1.165) is 18.4 Å². The Kier molecular flexibility index (Phi) is 4.86. The summed E-state index contributed by atoms with van der Waals surface area (Å²) >= 11 is 0. The zero-order chi connectivity index (χ0) is 11.1. The molecule has 0 aliphatic rings. The van der Waals surface area contributed by atoms with Gasteiger partial charge in [0.25, 0.3) is 0 Å². The van der Waals surface area contributed by atoms with Crippen molar-refractivity contribution in [3.05, 3.63) is 35.4 Å². The first-order valence-electron chi connectivity index (χ1n) is 5.24. The molecule has 0 saturated heterocycles. The van der Waals surface area contributed by atoms with Crippen LogP contribution in [0.15, 0.2) is 24.3 Å². The van der Waals surface area contributed by atoms with Crippen molar-refractivity contribution in [1.29, 1.82) is 5.26 Å². The predicted molar refractivity (Wildman–Crippen MR) is 60.6 cm³/mol. The molecule has 2 heteroatoms. The molecule has 1 unspecified atom stereocenters. The Morgan fingerprint density at radius 1 is 1.27 bits per heavy atom. The van der Waals surface area contributed by atoms with Crippen LogP contribution in [0.4, 0.5) is 0 Å². The molecule has 0 aromatic heterocycles. The molecule has 0 heterocycles. The Hall–Kier alpha value is -1.33. The van der Waals surface area contributed by atoms with Crippen LogP contribution in [-0.4, -0.2) is 13.2 Å². The van der Waals surface area contributed by atoms with Gasteiger partial charge in [0.05, 0.1) is 18.6 Å². The number of rotatable bonds is 5. The van der Waals surface area contributed by atoms with Crippen molar-refractivity contribution in [3.8, 4) is 6.07 Å². The molecule has 0 saturated carbocycles. The van der Waals surface area contributed by atoms with Crippen molar-refractivity contribution in [2.45, 2.75) is 32.3 Å². The summed E-state index contributed by atoms with van der Waals surface area (Å²) in [5.74, 6) is 0. The summed E-state index contributed by atoms with van der Waals surface area (Å²) in [6.07, 6.45) is 2.87. The van der Waals surface area contributed by atoms with Gasteiger partial charge in [0.1, 0.15) is 0 Å². The van der Waals surface area contributed by atoms with Gasteiger partial charge in [0.2, 0.25) is 0 Å². The largest absolute Gasteiger partial charge is 0.382 e. The molecule has 0 spiro atoms. The van der Waals surface area contributed by atoms with Gasteiger partial charge in [-0.1, -0.05) is 24.3 Å². The first-order valence-corrected chi connectivity index (χ1v) is 5.24. The van der Waals surface area contributed by atoms with Crippen LogP contribution in [0, 0.1) is 11.3 Å². The summed E-state index contributed by atoms with van der Waals surface area (Å²) in [6.45, 7) is 2.07. The highest BCUT2D eigenvalue weighted by molar-refractivity contribution is 5.24. The van der Waals surface area contributed by atoms with Crippen LogP contribution in [-0.2, 0) is 17.6 Å². The minimum atomic E-state index is 0.309. The van der Waals surface area contributed by atoms with E-state index in [-0.39, 0.29) is 0 Å². The standard InChI is InChI=1S/C13H17NO/c1-11(15-2)3-4-12-5-7-13(8-6-12)9-10-14/h5-8,11H,3-4,9H2,1-2H3. The van der Waals surface area contributed by atoms with Crippen molar-refractivity contribution >= 4 is 0 Å². The Bertz CT molecular complexity index is 323. The third-order valence-electron chi connectivity index (χ3n) is 2.55. The predicted octanol–water partition coefficient (Wildman–Crippen LogP) is 2.72. The third kappa shape index (κ3) is 4.14.